The molecule has 0 saturated carbocycles. The minimum Gasteiger partial charge on any atom is -0.370 e. The number of anilines is 1. The van der Waals surface area contributed by atoms with E-state index >= 15 is 0 Å². The van der Waals surface area contributed by atoms with Crippen LogP contribution in [-0.2, 0) is 0 Å². The summed E-state index contributed by atoms with van der Waals surface area (Å²) in [6, 6.07) is 5.30. The van der Waals surface area contributed by atoms with Gasteiger partial charge in [-0.1, -0.05) is 30.3 Å². The second-order valence-electron chi connectivity index (χ2n) is 4.74. The molecule has 1 fully saturated rings. The number of benzene rings is 1. The number of alkyl halides is 3. The molecule has 2 rings (SSSR count). The Balaban J connectivity index is 2.20. The largest absolute Gasteiger partial charge is 0.393 e. The molecule has 1 saturated heterocycles. The summed E-state index contributed by atoms with van der Waals surface area (Å²) in [5, 5.41) is 0.472. The van der Waals surface area contributed by atoms with Crippen LogP contribution in [0, 0.1) is 5.92 Å². The second-order valence-corrected chi connectivity index (χ2v) is 5.15. The van der Waals surface area contributed by atoms with Gasteiger partial charge in [0.15, 0.2) is 0 Å². The van der Waals surface area contributed by atoms with E-state index in [1.807, 2.05) is 6.07 Å². The van der Waals surface area contributed by atoms with Gasteiger partial charge in [-0.25, -0.2) is 0 Å². The van der Waals surface area contributed by atoms with Crippen LogP contribution in [0.25, 0.3) is 6.08 Å². The Morgan fingerprint density at radius 2 is 2.11 bits per heavy atom. The Morgan fingerprint density at radius 3 is 2.68 bits per heavy atom. The van der Waals surface area contributed by atoms with Gasteiger partial charge < -0.3 is 4.90 Å². The van der Waals surface area contributed by atoms with Crippen LogP contribution in [0.2, 0.25) is 5.02 Å². The van der Waals surface area contributed by atoms with Gasteiger partial charge in [-0.15, -0.1) is 0 Å². The molecule has 1 aliphatic rings. The van der Waals surface area contributed by atoms with Crippen LogP contribution >= 0.6 is 11.6 Å². The summed E-state index contributed by atoms with van der Waals surface area (Å²) in [4.78, 5) is 1.72. The van der Waals surface area contributed by atoms with Crippen LogP contribution in [0.3, 0.4) is 0 Å². The molecule has 1 heterocycles. The SMILES string of the molecule is C=Cc1ccc(N2CCCC(C(F)(F)F)C2)c(Cl)c1. The summed E-state index contributed by atoms with van der Waals surface area (Å²) in [6.07, 6.45) is -1.75. The van der Waals surface area contributed by atoms with Gasteiger partial charge in [-0.05, 0) is 30.5 Å². The van der Waals surface area contributed by atoms with Gasteiger partial charge in [0.25, 0.3) is 0 Å². The van der Waals surface area contributed by atoms with Crippen LogP contribution < -0.4 is 4.90 Å². The Bertz CT molecular complexity index is 470. The Labute approximate surface area is 115 Å². The third kappa shape index (κ3) is 3.24. The first-order valence-electron chi connectivity index (χ1n) is 6.15. The van der Waals surface area contributed by atoms with E-state index in [-0.39, 0.29) is 13.0 Å². The van der Waals surface area contributed by atoms with Crippen molar-refractivity contribution in [3.8, 4) is 0 Å². The molecule has 1 aliphatic heterocycles. The molecule has 1 aromatic carbocycles. The number of hydrogen-bond donors (Lipinski definition) is 0. The molecule has 0 bridgehead atoms. The molecule has 0 aliphatic carbocycles. The molecule has 5 heteroatoms. The molecule has 1 aromatic rings. The minimum atomic E-state index is -4.13. The van der Waals surface area contributed by atoms with E-state index in [0.29, 0.717) is 23.7 Å². The highest BCUT2D eigenvalue weighted by Crippen LogP contribution is 2.36. The van der Waals surface area contributed by atoms with Crippen molar-refractivity contribution in [3.63, 3.8) is 0 Å². The van der Waals surface area contributed by atoms with Crippen LogP contribution in [0.1, 0.15) is 18.4 Å². The highest BCUT2D eigenvalue weighted by molar-refractivity contribution is 6.33. The van der Waals surface area contributed by atoms with E-state index in [0.717, 1.165) is 5.56 Å². The topological polar surface area (TPSA) is 3.24 Å². The number of hydrogen-bond acceptors (Lipinski definition) is 1. The number of rotatable bonds is 2. The van der Waals surface area contributed by atoms with Crippen molar-refractivity contribution in [2.24, 2.45) is 5.92 Å². The normalized spacial score (nSPS) is 20.4. The fourth-order valence-corrected chi connectivity index (χ4v) is 2.68. The third-order valence-corrected chi connectivity index (χ3v) is 3.74. The molecule has 104 valence electrons. The summed E-state index contributed by atoms with van der Waals surface area (Å²) in [6.45, 7) is 4.23. The number of halogens is 4. The zero-order valence-corrected chi connectivity index (χ0v) is 11.1. The number of piperidine rings is 1. The van der Waals surface area contributed by atoms with Gasteiger partial charge in [0.05, 0.1) is 16.6 Å². The molecule has 0 radical (unpaired) electrons. The fourth-order valence-electron chi connectivity index (χ4n) is 2.37. The lowest BCUT2D eigenvalue weighted by molar-refractivity contribution is -0.175. The predicted molar refractivity (Wildman–Crippen MR) is 72.5 cm³/mol. The van der Waals surface area contributed by atoms with Gasteiger partial charge in [0, 0.05) is 13.1 Å². The van der Waals surface area contributed by atoms with Crippen LogP contribution in [0.15, 0.2) is 24.8 Å². The van der Waals surface area contributed by atoms with Gasteiger partial charge in [0.1, 0.15) is 0 Å². The molecule has 0 spiro atoms. The molecule has 0 aromatic heterocycles. The molecular formula is C14H15ClF3N. The van der Waals surface area contributed by atoms with Crippen molar-refractivity contribution in [3.05, 3.63) is 35.4 Å². The first kappa shape index (κ1) is 14.3. The Morgan fingerprint density at radius 1 is 1.37 bits per heavy atom. The Hall–Kier alpha value is -1.16. The summed E-state index contributed by atoms with van der Waals surface area (Å²) in [7, 11) is 0. The van der Waals surface area contributed by atoms with Crippen LogP contribution in [0.4, 0.5) is 18.9 Å². The highest BCUT2D eigenvalue weighted by Gasteiger charge is 2.42. The maximum atomic E-state index is 12.8. The van der Waals surface area contributed by atoms with Crippen molar-refractivity contribution < 1.29 is 13.2 Å². The van der Waals surface area contributed by atoms with Crippen molar-refractivity contribution in [2.75, 3.05) is 18.0 Å². The lowest BCUT2D eigenvalue weighted by atomic mass is 9.97. The quantitative estimate of drug-likeness (QED) is 0.758. The minimum absolute atomic E-state index is 0.0172. The average Bonchev–Trinajstić information content (AvgIpc) is 2.37. The molecule has 0 amide bonds. The van der Waals surface area contributed by atoms with Crippen molar-refractivity contribution in [2.45, 2.75) is 19.0 Å². The van der Waals surface area contributed by atoms with Gasteiger partial charge >= 0.3 is 6.18 Å². The summed E-state index contributed by atoms with van der Waals surface area (Å²) in [5.41, 5.74) is 1.53. The van der Waals surface area contributed by atoms with Crippen LogP contribution in [-0.4, -0.2) is 19.3 Å². The molecule has 19 heavy (non-hydrogen) atoms. The maximum absolute atomic E-state index is 12.8. The fraction of sp³-hybridized carbons (Fsp3) is 0.429. The van der Waals surface area contributed by atoms with E-state index in [2.05, 4.69) is 6.58 Å². The molecule has 1 nitrogen and oxygen atoms in total. The van der Waals surface area contributed by atoms with Crippen LogP contribution in [0.5, 0.6) is 0 Å². The van der Waals surface area contributed by atoms with E-state index in [9.17, 15) is 13.2 Å². The summed E-state index contributed by atoms with van der Waals surface area (Å²) in [5.74, 6) is -1.27. The zero-order chi connectivity index (χ0) is 14.0. The summed E-state index contributed by atoms with van der Waals surface area (Å²) < 4.78 is 38.3. The third-order valence-electron chi connectivity index (χ3n) is 3.43. The standard InChI is InChI=1S/C14H15ClF3N/c1-2-10-5-6-13(12(15)8-10)19-7-3-4-11(9-19)14(16,17)18/h2,5-6,8,11H,1,3-4,7,9H2. The molecule has 1 unspecified atom stereocenters. The first-order chi connectivity index (χ1) is 8.91. The predicted octanol–water partition coefficient (Wildman–Crippen LogP) is 4.76. The number of nitrogens with zero attached hydrogens (tertiary/aromatic N) is 1. The lowest BCUT2D eigenvalue weighted by Crippen LogP contribution is -2.41. The first-order valence-corrected chi connectivity index (χ1v) is 6.53. The monoisotopic (exact) mass is 289 g/mol. The van der Waals surface area contributed by atoms with E-state index in [4.69, 9.17) is 11.6 Å². The molecule has 1 atom stereocenters. The lowest BCUT2D eigenvalue weighted by Gasteiger charge is -2.35. The van der Waals surface area contributed by atoms with E-state index in [1.54, 1.807) is 23.1 Å². The van der Waals surface area contributed by atoms with E-state index < -0.39 is 12.1 Å². The smallest absolute Gasteiger partial charge is 0.370 e. The van der Waals surface area contributed by atoms with E-state index in [1.165, 1.54) is 0 Å². The van der Waals surface area contributed by atoms with Gasteiger partial charge in [0.2, 0.25) is 0 Å². The highest BCUT2D eigenvalue weighted by atomic mass is 35.5. The summed E-state index contributed by atoms with van der Waals surface area (Å²) >= 11 is 6.13. The van der Waals surface area contributed by atoms with Gasteiger partial charge in [-0.3, -0.25) is 0 Å². The van der Waals surface area contributed by atoms with Gasteiger partial charge in [-0.2, -0.15) is 13.2 Å². The second kappa shape index (κ2) is 5.45. The van der Waals surface area contributed by atoms with Crippen molar-refractivity contribution in [1.82, 2.24) is 0 Å². The van der Waals surface area contributed by atoms with Crippen molar-refractivity contribution >= 4 is 23.4 Å². The Kier molecular flexibility index (Phi) is 4.09. The van der Waals surface area contributed by atoms with Crippen molar-refractivity contribution in [1.29, 1.82) is 0 Å². The average molecular weight is 290 g/mol. The maximum Gasteiger partial charge on any atom is 0.393 e. The molecular weight excluding hydrogens is 275 g/mol. The molecule has 0 N–H and O–H groups in total. The zero-order valence-electron chi connectivity index (χ0n) is 10.4.